The van der Waals surface area contributed by atoms with Crippen LogP contribution in [0.1, 0.15) is 11.8 Å². The van der Waals surface area contributed by atoms with Crippen molar-refractivity contribution in [2.45, 2.75) is 10.9 Å². The largest absolute Gasteiger partial charge is 0.459 e. The second-order valence-corrected chi connectivity index (χ2v) is 5.78. The van der Waals surface area contributed by atoms with Gasteiger partial charge in [-0.05, 0) is 19.2 Å². The van der Waals surface area contributed by atoms with Gasteiger partial charge in [0.05, 0.1) is 12.2 Å². The summed E-state index contributed by atoms with van der Waals surface area (Å²) < 4.78 is 7.74. The molecule has 0 aliphatic heterocycles. The van der Waals surface area contributed by atoms with Crippen LogP contribution in [0.2, 0.25) is 0 Å². The molecule has 0 bridgehead atoms. The van der Waals surface area contributed by atoms with Gasteiger partial charge in [-0.3, -0.25) is 4.68 Å². The van der Waals surface area contributed by atoms with Crippen LogP contribution in [0.4, 0.5) is 0 Å². The summed E-state index contributed by atoms with van der Waals surface area (Å²) in [5.41, 5.74) is 0.939. The third-order valence-electron chi connectivity index (χ3n) is 3.23. The molecule has 0 fully saturated rings. The standard InChI is InChI=1S/C15H17N3OS/c1-16-13(10-20-12-8-17-18(2)9-12)15-7-11-5-3-4-6-14(11)19-15/h3-9,13,16H,10H2,1-2H3. The minimum absolute atomic E-state index is 0.188. The summed E-state index contributed by atoms with van der Waals surface area (Å²) in [4.78, 5) is 1.17. The molecule has 0 spiro atoms. The zero-order valence-corrected chi connectivity index (χ0v) is 12.4. The first-order valence-corrected chi connectivity index (χ1v) is 7.52. The second-order valence-electron chi connectivity index (χ2n) is 4.69. The molecule has 0 saturated heterocycles. The van der Waals surface area contributed by atoms with E-state index in [1.165, 1.54) is 4.90 Å². The van der Waals surface area contributed by atoms with Crippen molar-refractivity contribution in [2.24, 2.45) is 7.05 Å². The van der Waals surface area contributed by atoms with E-state index < -0.39 is 0 Å². The molecular weight excluding hydrogens is 270 g/mol. The van der Waals surface area contributed by atoms with E-state index in [-0.39, 0.29) is 6.04 Å². The molecule has 3 rings (SSSR count). The lowest BCUT2D eigenvalue weighted by Crippen LogP contribution is -2.17. The maximum Gasteiger partial charge on any atom is 0.134 e. The van der Waals surface area contributed by atoms with Gasteiger partial charge in [-0.1, -0.05) is 18.2 Å². The van der Waals surface area contributed by atoms with Crippen molar-refractivity contribution in [1.82, 2.24) is 15.1 Å². The van der Waals surface area contributed by atoms with Crippen LogP contribution < -0.4 is 5.32 Å². The van der Waals surface area contributed by atoms with E-state index in [0.29, 0.717) is 0 Å². The molecular formula is C15H17N3OS. The van der Waals surface area contributed by atoms with Crippen LogP contribution in [0.3, 0.4) is 0 Å². The van der Waals surface area contributed by atoms with Gasteiger partial charge in [0.1, 0.15) is 11.3 Å². The molecule has 0 amide bonds. The van der Waals surface area contributed by atoms with E-state index in [0.717, 1.165) is 22.5 Å². The summed E-state index contributed by atoms with van der Waals surface area (Å²) in [6, 6.07) is 10.4. The Labute approximate surface area is 122 Å². The highest BCUT2D eigenvalue weighted by molar-refractivity contribution is 7.99. The number of nitrogens with zero attached hydrogens (tertiary/aromatic N) is 2. The Balaban J connectivity index is 1.75. The molecule has 3 aromatic rings. The quantitative estimate of drug-likeness (QED) is 0.732. The summed E-state index contributed by atoms with van der Waals surface area (Å²) in [6.45, 7) is 0. The normalized spacial score (nSPS) is 12.9. The average Bonchev–Trinajstić information content (AvgIpc) is 3.05. The molecule has 0 aliphatic rings. The van der Waals surface area contributed by atoms with Crippen molar-refractivity contribution >= 4 is 22.7 Å². The number of hydrogen-bond donors (Lipinski definition) is 1. The third kappa shape index (κ3) is 2.73. The van der Waals surface area contributed by atoms with Crippen LogP contribution in [0.5, 0.6) is 0 Å². The summed E-state index contributed by atoms with van der Waals surface area (Å²) in [6.07, 6.45) is 3.91. The van der Waals surface area contributed by atoms with Gasteiger partial charge in [-0.15, -0.1) is 11.8 Å². The van der Waals surface area contributed by atoms with Crippen LogP contribution >= 0.6 is 11.8 Å². The van der Waals surface area contributed by atoms with E-state index in [2.05, 4.69) is 22.5 Å². The van der Waals surface area contributed by atoms with Crippen molar-refractivity contribution in [3.8, 4) is 0 Å². The third-order valence-corrected chi connectivity index (χ3v) is 4.28. The minimum atomic E-state index is 0.188. The first-order valence-electron chi connectivity index (χ1n) is 6.53. The van der Waals surface area contributed by atoms with Gasteiger partial charge in [0.25, 0.3) is 0 Å². The van der Waals surface area contributed by atoms with Crippen LogP contribution in [-0.4, -0.2) is 22.6 Å². The zero-order valence-electron chi connectivity index (χ0n) is 11.5. The predicted molar refractivity (Wildman–Crippen MR) is 81.9 cm³/mol. The van der Waals surface area contributed by atoms with Gasteiger partial charge >= 0.3 is 0 Å². The summed E-state index contributed by atoms with van der Waals surface area (Å²) in [5, 5.41) is 8.64. The Kier molecular flexibility index (Phi) is 3.80. The molecule has 0 saturated carbocycles. The second kappa shape index (κ2) is 5.73. The van der Waals surface area contributed by atoms with Gasteiger partial charge in [0.15, 0.2) is 0 Å². The highest BCUT2D eigenvalue weighted by Gasteiger charge is 2.15. The van der Waals surface area contributed by atoms with Gasteiger partial charge in [0, 0.05) is 29.3 Å². The fraction of sp³-hybridized carbons (Fsp3) is 0.267. The van der Waals surface area contributed by atoms with Crippen molar-refractivity contribution in [2.75, 3.05) is 12.8 Å². The van der Waals surface area contributed by atoms with Crippen molar-refractivity contribution < 1.29 is 4.42 Å². The predicted octanol–water partition coefficient (Wildman–Crippen LogP) is 3.22. The smallest absolute Gasteiger partial charge is 0.134 e. The number of hydrogen-bond acceptors (Lipinski definition) is 4. The lowest BCUT2D eigenvalue weighted by atomic mass is 10.2. The minimum Gasteiger partial charge on any atom is -0.459 e. The number of thioether (sulfide) groups is 1. The van der Waals surface area contributed by atoms with Gasteiger partial charge in [-0.25, -0.2) is 0 Å². The Bertz CT molecular complexity index is 671. The van der Waals surface area contributed by atoms with Crippen molar-refractivity contribution in [3.05, 3.63) is 48.5 Å². The van der Waals surface area contributed by atoms with E-state index in [9.17, 15) is 0 Å². The number of fused-ring (bicyclic) bond motifs is 1. The first kappa shape index (κ1) is 13.3. The van der Waals surface area contributed by atoms with E-state index in [4.69, 9.17) is 4.42 Å². The Morgan fingerprint density at radius 3 is 2.95 bits per heavy atom. The topological polar surface area (TPSA) is 43.0 Å². The molecule has 4 nitrogen and oxygen atoms in total. The van der Waals surface area contributed by atoms with Crippen LogP contribution in [0.25, 0.3) is 11.0 Å². The number of furan rings is 1. The molecule has 1 aromatic carbocycles. The lowest BCUT2D eigenvalue weighted by molar-refractivity contribution is 0.479. The molecule has 1 atom stereocenters. The fourth-order valence-corrected chi connectivity index (χ4v) is 3.17. The monoisotopic (exact) mass is 287 g/mol. The van der Waals surface area contributed by atoms with Crippen LogP contribution in [0.15, 0.2) is 52.0 Å². The Morgan fingerprint density at radius 2 is 2.25 bits per heavy atom. The number of rotatable bonds is 5. The fourth-order valence-electron chi connectivity index (χ4n) is 2.13. The van der Waals surface area contributed by atoms with Crippen LogP contribution in [0, 0.1) is 0 Å². The molecule has 0 radical (unpaired) electrons. The molecule has 104 valence electrons. The van der Waals surface area contributed by atoms with Crippen molar-refractivity contribution in [1.29, 1.82) is 0 Å². The zero-order chi connectivity index (χ0) is 13.9. The number of para-hydroxylation sites is 1. The van der Waals surface area contributed by atoms with E-state index in [1.807, 2.05) is 49.4 Å². The van der Waals surface area contributed by atoms with Gasteiger partial charge < -0.3 is 9.73 Å². The summed E-state index contributed by atoms with van der Waals surface area (Å²) in [5.74, 6) is 1.88. The highest BCUT2D eigenvalue weighted by Crippen LogP contribution is 2.28. The average molecular weight is 287 g/mol. The molecule has 1 N–H and O–H groups in total. The number of benzene rings is 1. The van der Waals surface area contributed by atoms with E-state index in [1.54, 1.807) is 11.8 Å². The molecule has 1 unspecified atom stereocenters. The SMILES string of the molecule is CNC(CSc1cnn(C)c1)c1cc2ccccc2o1. The Morgan fingerprint density at radius 1 is 1.40 bits per heavy atom. The number of aryl methyl sites for hydroxylation is 1. The maximum absolute atomic E-state index is 5.92. The van der Waals surface area contributed by atoms with Gasteiger partial charge in [-0.2, -0.15) is 5.10 Å². The maximum atomic E-state index is 5.92. The highest BCUT2D eigenvalue weighted by atomic mass is 32.2. The summed E-state index contributed by atoms with van der Waals surface area (Å²) >= 11 is 1.77. The van der Waals surface area contributed by atoms with Crippen LogP contribution in [-0.2, 0) is 7.05 Å². The molecule has 5 heteroatoms. The van der Waals surface area contributed by atoms with Crippen molar-refractivity contribution in [3.63, 3.8) is 0 Å². The number of nitrogens with one attached hydrogen (secondary N) is 1. The molecule has 2 aromatic heterocycles. The molecule has 20 heavy (non-hydrogen) atoms. The summed E-state index contributed by atoms with van der Waals surface area (Å²) in [7, 11) is 3.89. The van der Waals surface area contributed by atoms with E-state index >= 15 is 0 Å². The molecule has 0 aliphatic carbocycles. The molecule has 2 heterocycles. The lowest BCUT2D eigenvalue weighted by Gasteiger charge is -2.12. The van der Waals surface area contributed by atoms with Gasteiger partial charge in [0.2, 0.25) is 0 Å². The number of aromatic nitrogens is 2. The Hall–Kier alpha value is -1.72. The first-order chi connectivity index (χ1) is 9.76.